The van der Waals surface area contributed by atoms with Crippen LogP contribution in [0.4, 0.5) is 5.82 Å². The molecule has 1 aromatic heterocycles. The summed E-state index contributed by atoms with van der Waals surface area (Å²) in [4.78, 5) is 6.71. The zero-order chi connectivity index (χ0) is 11.7. The molecule has 0 amide bonds. The van der Waals surface area contributed by atoms with Crippen LogP contribution in [0.3, 0.4) is 0 Å². The monoisotopic (exact) mass is 348 g/mol. The summed E-state index contributed by atoms with van der Waals surface area (Å²) in [5.41, 5.74) is 0. The molecule has 3 nitrogen and oxygen atoms in total. The smallest absolute Gasteiger partial charge is 0.143 e. The van der Waals surface area contributed by atoms with E-state index in [1.807, 2.05) is 12.3 Å². The summed E-state index contributed by atoms with van der Waals surface area (Å²) in [5.74, 6) is 0.991. The first-order valence-corrected chi connectivity index (χ1v) is 6.86. The van der Waals surface area contributed by atoms with Gasteiger partial charge in [0.1, 0.15) is 5.82 Å². The number of hydrogen-bond acceptors (Lipinski definition) is 3. The molecule has 88 valence electrons. The third kappa shape index (κ3) is 2.76. The molecule has 0 N–H and O–H groups in total. The van der Waals surface area contributed by atoms with E-state index in [1.165, 1.54) is 0 Å². The number of aromatic nitrogens is 1. The van der Waals surface area contributed by atoms with E-state index in [0.29, 0.717) is 0 Å². The van der Waals surface area contributed by atoms with Crippen LogP contribution < -0.4 is 4.90 Å². The molecule has 0 saturated carbocycles. The van der Waals surface area contributed by atoms with E-state index in [-0.39, 0.29) is 12.2 Å². The summed E-state index contributed by atoms with van der Waals surface area (Å²) >= 11 is 6.96. The minimum atomic E-state index is 0.251. The molecule has 1 aliphatic heterocycles. The van der Waals surface area contributed by atoms with Gasteiger partial charge in [0, 0.05) is 23.8 Å². The third-order valence-corrected chi connectivity index (χ3v) is 3.52. The molecule has 0 aromatic carbocycles. The molecule has 2 rings (SSSR count). The van der Waals surface area contributed by atoms with Crippen molar-refractivity contribution in [3.8, 4) is 0 Å². The number of morpholine rings is 1. The van der Waals surface area contributed by atoms with E-state index in [1.54, 1.807) is 0 Å². The maximum atomic E-state index is 5.71. The maximum Gasteiger partial charge on any atom is 0.143 e. The van der Waals surface area contributed by atoms with Crippen LogP contribution in [0, 0.1) is 0 Å². The van der Waals surface area contributed by atoms with Crippen LogP contribution in [-0.4, -0.2) is 30.3 Å². The van der Waals surface area contributed by atoms with E-state index in [2.05, 4.69) is 55.6 Å². The third-order valence-electron chi connectivity index (χ3n) is 2.51. The van der Waals surface area contributed by atoms with E-state index >= 15 is 0 Å². The Morgan fingerprint density at radius 3 is 2.50 bits per heavy atom. The lowest BCUT2D eigenvalue weighted by atomic mass is 10.2. The van der Waals surface area contributed by atoms with Crippen molar-refractivity contribution in [3.05, 3.63) is 21.2 Å². The Morgan fingerprint density at radius 1 is 1.31 bits per heavy atom. The summed E-state index contributed by atoms with van der Waals surface area (Å²) < 4.78 is 7.71. The van der Waals surface area contributed by atoms with Gasteiger partial charge in [0.15, 0.2) is 0 Å². The second kappa shape index (κ2) is 5.02. The van der Waals surface area contributed by atoms with Gasteiger partial charge in [-0.1, -0.05) is 0 Å². The lowest BCUT2D eigenvalue weighted by molar-refractivity contribution is -0.00550. The van der Waals surface area contributed by atoms with Crippen molar-refractivity contribution in [2.24, 2.45) is 0 Å². The second-order valence-electron chi connectivity index (χ2n) is 4.12. The largest absolute Gasteiger partial charge is 0.372 e. The SMILES string of the molecule is CC1CN(c2ncc(Br)cc2Br)CC(C)O1. The molecule has 16 heavy (non-hydrogen) atoms. The van der Waals surface area contributed by atoms with Gasteiger partial charge in [-0.3, -0.25) is 0 Å². The normalized spacial score (nSPS) is 25.9. The number of rotatable bonds is 1. The molecule has 1 fully saturated rings. The Morgan fingerprint density at radius 2 is 1.94 bits per heavy atom. The zero-order valence-electron chi connectivity index (χ0n) is 9.28. The summed E-state index contributed by atoms with van der Waals surface area (Å²) in [6, 6.07) is 2.02. The fraction of sp³-hybridized carbons (Fsp3) is 0.545. The topological polar surface area (TPSA) is 25.4 Å². The summed E-state index contributed by atoms with van der Waals surface area (Å²) in [7, 11) is 0. The van der Waals surface area contributed by atoms with E-state index in [0.717, 1.165) is 27.9 Å². The van der Waals surface area contributed by atoms with E-state index < -0.39 is 0 Å². The molecule has 2 unspecified atom stereocenters. The molecule has 0 aliphatic carbocycles. The highest BCUT2D eigenvalue weighted by atomic mass is 79.9. The number of hydrogen-bond donors (Lipinski definition) is 0. The zero-order valence-corrected chi connectivity index (χ0v) is 12.5. The van der Waals surface area contributed by atoms with Crippen LogP contribution in [0.2, 0.25) is 0 Å². The molecule has 5 heteroatoms. The lowest BCUT2D eigenvalue weighted by Gasteiger charge is -2.36. The molecular weight excluding hydrogens is 336 g/mol. The van der Waals surface area contributed by atoms with Crippen LogP contribution >= 0.6 is 31.9 Å². The first-order valence-electron chi connectivity index (χ1n) is 5.27. The molecule has 1 aromatic rings. The maximum absolute atomic E-state index is 5.71. The van der Waals surface area contributed by atoms with Crippen LogP contribution in [0.5, 0.6) is 0 Å². The summed E-state index contributed by atoms with van der Waals surface area (Å²) in [6.07, 6.45) is 2.33. The predicted molar refractivity (Wildman–Crippen MR) is 71.9 cm³/mol. The molecule has 0 radical (unpaired) electrons. The van der Waals surface area contributed by atoms with Crippen LogP contribution in [0.1, 0.15) is 13.8 Å². The Kier molecular flexibility index (Phi) is 3.87. The van der Waals surface area contributed by atoms with Crippen molar-refractivity contribution in [3.63, 3.8) is 0 Å². The van der Waals surface area contributed by atoms with E-state index in [4.69, 9.17) is 4.74 Å². The fourth-order valence-corrected chi connectivity index (χ4v) is 3.23. The number of anilines is 1. The number of ether oxygens (including phenoxy) is 1. The summed E-state index contributed by atoms with van der Waals surface area (Å²) in [6.45, 7) is 5.96. The van der Waals surface area contributed by atoms with Gasteiger partial charge in [-0.2, -0.15) is 0 Å². The van der Waals surface area contributed by atoms with Gasteiger partial charge in [-0.05, 0) is 51.8 Å². The Bertz CT molecular complexity index is 376. The van der Waals surface area contributed by atoms with Gasteiger partial charge in [0.05, 0.1) is 16.7 Å². The molecular formula is C11H14Br2N2O. The molecule has 0 spiro atoms. The van der Waals surface area contributed by atoms with Gasteiger partial charge >= 0.3 is 0 Å². The Hall–Kier alpha value is -0.130. The highest BCUT2D eigenvalue weighted by Gasteiger charge is 2.24. The molecule has 2 atom stereocenters. The molecule has 1 aliphatic rings. The van der Waals surface area contributed by atoms with Crippen molar-refractivity contribution in [1.29, 1.82) is 0 Å². The predicted octanol–water partition coefficient (Wildman–Crippen LogP) is 3.22. The van der Waals surface area contributed by atoms with Crippen LogP contribution in [-0.2, 0) is 4.74 Å². The van der Waals surface area contributed by atoms with Gasteiger partial charge in [0.2, 0.25) is 0 Å². The molecule has 1 saturated heterocycles. The van der Waals surface area contributed by atoms with Gasteiger partial charge in [0.25, 0.3) is 0 Å². The lowest BCUT2D eigenvalue weighted by Crippen LogP contribution is -2.46. The van der Waals surface area contributed by atoms with Crippen molar-refractivity contribution in [2.45, 2.75) is 26.1 Å². The van der Waals surface area contributed by atoms with Crippen molar-refractivity contribution in [1.82, 2.24) is 4.98 Å². The molecule has 2 heterocycles. The van der Waals surface area contributed by atoms with Crippen molar-refractivity contribution in [2.75, 3.05) is 18.0 Å². The number of halogens is 2. The average Bonchev–Trinajstić information content (AvgIpc) is 2.15. The van der Waals surface area contributed by atoms with Crippen molar-refractivity contribution >= 4 is 37.7 Å². The standard InChI is InChI=1S/C11H14Br2N2O/c1-7-5-15(6-8(2)16-7)11-10(13)3-9(12)4-14-11/h3-4,7-8H,5-6H2,1-2H3. The Balaban J connectivity index is 2.23. The minimum absolute atomic E-state index is 0.251. The van der Waals surface area contributed by atoms with Gasteiger partial charge in [-0.25, -0.2) is 4.98 Å². The van der Waals surface area contributed by atoms with Crippen molar-refractivity contribution < 1.29 is 4.74 Å². The van der Waals surface area contributed by atoms with Crippen LogP contribution in [0.15, 0.2) is 21.2 Å². The number of nitrogens with zero attached hydrogens (tertiary/aromatic N) is 2. The fourth-order valence-electron chi connectivity index (χ4n) is 1.99. The minimum Gasteiger partial charge on any atom is -0.372 e. The van der Waals surface area contributed by atoms with Gasteiger partial charge in [-0.15, -0.1) is 0 Å². The first-order chi connectivity index (χ1) is 7.56. The van der Waals surface area contributed by atoms with Crippen LogP contribution in [0.25, 0.3) is 0 Å². The first kappa shape index (κ1) is 12.3. The quantitative estimate of drug-likeness (QED) is 0.778. The average molecular weight is 350 g/mol. The van der Waals surface area contributed by atoms with Gasteiger partial charge < -0.3 is 9.64 Å². The highest BCUT2D eigenvalue weighted by molar-refractivity contribution is 9.11. The second-order valence-corrected chi connectivity index (χ2v) is 5.89. The summed E-state index contributed by atoms with van der Waals surface area (Å²) in [5, 5.41) is 0. The Labute approximate surface area is 112 Å². The number of pyridine rings is 1. The highest BCUT2D eigenvalue weighted by Crippen LogP contribution is 2.28. The molecule has 0 bridgehead atoms. The van der Waals surface area contributed by atoms with E-state index in [9.17, 15) is 0 Å².